The first-order chi connectivity index (χ1) is 14.1. The maximum atomic E-state index is 13.2. The number of benzene rings is 3. The van der Waals surface area contributed by atoms with Gasteiger partial charge in [0.2, 0.25) is 0 Å². The second-order valence-electron chi connectivity index (χ2n) is 7.86. The zero-order valence-corrected chi connectivity index (χ0v) is 16.7. The third kappa shape index (κ3) is 2.46. The molecule has 29 heavy (non-hydrogen) atoms. The number of hydrogen-bond acceptors (Lipinski definition) is 3. The summed E-state index contributed by atoms with van der Waals surface area (Å²) in [7, 11) is -3.48. The fraction of sp³-hybridized carbons (Fsp3) is 0.217. The summed E-state index contributed by atoms with van der Waals surface area (Å²) in [6.07, 6.45) is 0.988. The summed E-state index contributed by atoms with van der Waals surface area (Å²) >= 11 is 0. The Morgan fingerprint density at radius 3 is 2.66 bits per heavy atom. The lowest BCUT2D eigenvalue weighted by molar-refractivity contribution is 0.259. The van der Waals surface area contributed by atoms with Crippen LogP contribution in [0.2, 0.25) is 0 Å². The normalized spacial score (nSPS) is 17.9. The summed E-state index contributed by atoms with van der Waals surface area (Å²) in [5, 5.41) is 3.14. The first-order valence-corrected chi connectivity index (χ1v) is 11.4. The number of sulfonamides is 1. The van der Waals surface area contributed by atoms with E-state index in [0.29, 0.717) is 18.0 Å². The van der Waals surface area contributed by atoms with Crippen molar-refractivity contribution in [1.82, 2.24) is 9.88 Å². The van der Waals surface area contributed by atoms with E-state index in [2.05, 4.69) is 34.1 Å². The van der Waals surface area contributed by atoms with Crippen molar-refractivity contribution in [2.75, 3.05) is 23.9 Å². The molecule has 5 nitrogen and oxygen atoms in total. The molecule has 3 heterocycles. The van der Waals surface area contributed by atoms with Gasteiger partial charge in [-0.05, 0) is 35.6 Å². The molecule has 0 radical (unpaired) electrons. The Morgan fingerprint density at radius 2 is 1.76 bits per heavy atom. The first kappa shape index (κ1) is 17.1. The van der Waals surface area contributed by atoms with Crippen molar-refractivity contribution >= 4 is 37.4 Å². The Hall–Kier alpha value is -2.83. The molecule has 0 saturated heterocycles. The number of rotatable bonds is 3. The zero-order valence-electron chi connectivity index (χ0n) is 15.9. The minimum absolute atomic E-state index is 0.433. The Bertz CT molecular complexity index is 1370. The van der Waals surface area contributed by atoms with Crippen molar-refractivity contribution < 1.29 is 8.42 Å². The summed E-state index contributed by atoms with van der Waals surface area (Å²) in [5.41, 5.74) is 4.65. The topological polar surface area (TPSA) is 56.4 Å². The predicted molar refractivity (Wildman–Crippen MR) is 116 cm³/mol. The minimum atomic E-state index is -3.48. The predicted octanol–water partition coefficient (Wildman–Crippen LogP) is 3.89. The van der Waals surface area contributed by atoms with Crippen LogP contribution in [-0.4, -0.2) is 37.9 Å². The third-order valence-corrected chi connectivity index (χ3v) is 8.12. The number of hydrogen-bond donors (Lipinski definition) is 1. The van der Waals surface area contributed by atoms with Gasteiger partial charge in [0.1, 0.15) is 0 Å². The van der Waals surface area contributed by atoms with E-state index in [1.54, 1.807) is 10.4 Å². The number of fused-ring (bicyclic) bond motifs is 3. The van der Waals surface area contributed by atoms with Gasteiger partial charge in [0.25, 0.3) is 10.0 Å². The van der Waals surface area contributed by atoms with Crippen LogP contribution in [0.25, 0.3) is 21.7 Å². The summed E-state index contributed by atoms with van der Waals surface area (Å²) in [4.78, 5) is 6.32. The number of aromatic amines is 1. The van der Waals surface area contributed by atoms with Crippen LogP contribution in [0.4, 0.5) is 5.69 Å². The van der Waals surface area contributed by atoms with Crippen molar-refractivity contribution in [2.24, 2.45) is 0 Å². The SMILES string of the molecule is O=S1(=O)c2cccc3cccc(c23)N1CCN1CCc2c([nH]c3ccccc23)C1. The smallest absolute Gasteiger partial charge is 0.265 e. The summed E-state index contributed by atoms with van der Waals surface area (Å²) < 4.78 is 27.9. The third-order valence-electron chi connectivity index (χ3n) is 6.26. The fourth-order valence-corrected chi connectivity index (χ4v) is 6.57. The van der Waals surface area contributed by atoms with Crippen LogP contribution in [0.1, 0.15) is 11.3 Å². The molecule has 2 aliphatic rings. The average molecular weight is 404 g/mol. The molecule has 0 amide bonds. The lowest BCUT2D eigenvalue weighted by atomic mass is 10.0. The van der Waals surface area contributed by atoms with Crippen molar-refractivity contribution in [3.05, 3.63) is 71.9 Å². The van der Waals surface area contributed by atoms with Crippen molar-refractivity contribution in [3.63, 3.8) is 0 Å². The van der Waals surface area contributed by atoms with Gasteiger partial charge in [-0.2, -0.15) is 0 Å². The van der Waals surface area contributed by atoms with Crippen molar-refractivity contribution in [3.8, 4) is 0 Å². The molecule has 0 fully saturated rings. The van der Waals surface area contributed by atoms with E-state index in [1.807, 2.05) is 30.3 Å². The van der Waals surface area contributed by atoms with Gasteiger partial charge in [0, 0.05) is 48.2 Å². The second-order valence-corrected chi connectivity index (χ2v) is 9.69. The number of anilines is 1. The van der Waals surface area contributed by atoms with Gasteiger partial charge in [-0.3, -0.25) is 9.21 Å². The van der Waals surface area contributed by atoms with Gasteiger partial charge in [0.05, 0.1) is 10.6 Å². The summed E-state index contributed by atoms with van der Waals surface area (Å²) in [6.45, 7) is 2.94. The van der Waals surface area contributed by atoms with Gasteiger partial charge in [-0.25, -0.2) is 8.42 Å². The zero-order chi connectivity index (χ0) is 19.6. The lowest BCUT2D eigenvalue weighted by Gasteiger charge is -2.29. The fourth-order valence-electron chi connectivity index (χ4n) is 4.87. The average Bonchev–Trinajstić information content (AvgIpc) is 3.20. The molecule has 1 N–H and O–H groups in total. The van der Waals surface area contributed by atoms with Gasteiger partial charge in [0.15, 0.2) is 0 Å². The number of aromatic nitrogens is 1. The number of H-pyrrole nitrogens is 1. The number of nitrogens with one attached hydrogen (secondary N) is 1. The van der Waals surface area contributed by atoms with Crippen LogP contribution >= 0.6 is 0 Å². The molecule has 0 bridgehead atoms. The van der Waals surface area contributed by atoms with Crippen molar-refractivity contribution in [2.45, 2.75) is 17.9 Å². The van der Waals surface area contributed by atoms with E-state index in [9.17, 15) is 8.42 Å². The van der Waals surface area contributed by atoms with Crippen LogP contribution in [0.15, 0.2) is 65.6 Å². The molecule has 3 aromatic carbocycles. The molecule has 2 aliphatic heterocycles. The molecule has 0 atom stereocenters. The van der Waals surface area contributed by atoms with Crippen LogP contribution in [0, 0.1) is 0 Å². The highest BCUT2D eigenvalue weighted by atomic mass is 32.2. The van der Waals surface area contributed by atoms with Crippen LogP contribution in [0.5, 0.6) is 0 Å². The molecular formula is C23H21N3O2S. The minimum Gasteiger partial charge on any atom is -0.357 e. The largest absolute Gasteiger partial charge is 0.357 e. The van der Waals surface area contributed by atoms with Gasteiger partial charge in [-0.1, -0.05) is 42.5 Å². The molecule has 0 aliphatic carbocycles. The highest BCUT2D eigenvalue weighted by Gasteiger charge is 2.35. The van der Waals surface area contributed by atoms with Gasteiger partial charge >= 0.3 is 0 Å². The first-order valence-electron chi connectivity index (χ1n) is 9.98. The van der Waals surface area contributed by atoms with E-state index in [4.69, 9.17) is 0 Å². The Morgan fingerprint density at radius 1 is 0.931 bits per heavy atom. The molecule has 4 aromatic rings. The molecule has 146 valence electrons. The number of para-hydroxylation sites is 1. The maximum Gasteiger partial charge on any atom is 0.265 e. The highest BCUT2D eigenvalue weighted by molar-refractivity contribution is 7.93. The Labute approximate surface area is 169 Å². The highest BCUT2D eigenvalue weighted by Crippen LogP contribution is 2.41. The van der Waals surface area contributed by atoms with E-state index in [-0.39, 0.29) is 0 Å². The maximum absolute atomic E-state index is 13.2. The van der Waals surface area contributed by atoms with E-state index in [1.165, 1.54) is 22.2 Å². The molecule has 0 spiro atoms. The second kappa shape index (κ2) is 6.08. The standard InChI is InChI=1S/C23H21N3O2S/c27-29(28)22-10-4-6-16-5-3-9-21(23(16)22)26(29)14-13-25-12-11-18-17-7-1-2-8-19(17)24-20(18)15-25/h1-10,24H,11-15H2. The van der Waals surface area contributed by atoms with Crippen LogP contribution in [0.3, 0.4) is 0 Å². The monoisotopic (exact) mass is 403 g/mol. The summed E-state index contributed by atoms with van der Waals surface area (Å²) in [6, 6.07) is 19.8. The Kier molecular flexibility index (Phi) is 3.58. The number of nitrogens with zero attached hydrogens (tertiary/aromatic N) is 2. The molecule has 0 saturated carbocycles. The molecule has 0 unspecified atom stereocenters. The summed E-state index contributed by atoms with van der Waals surface area (Å²) in [5.74, 6) is 0. The Balaban J connectivity index is 1.27. The lowest BCUT2D eigenvalue weighted by Crippen LogP contribution is -2.39. The molecule has 6 heteroatoms. The van der Waals surface area contributed by atoms with Crippen LogP contribution in [-0.2, 0) is 23.0 Å². The van der Waals surface area contributed by atoms with Crippen molar-refractivity contribution in [1.29, 1.82) is 0 Å². The van der Waals surface area contributed by atoms with E-state index in [0.717, 1.165) is 36.0 Å². The van der Waals surface area contributed by atoms with Crippen LogP contribution < -0.4 is 4.31 Å². The quantitative estimate of drug-likeness (QED) is 0.565. The molecule has 1 aromatic heterocycles. The van der Waals surface area contributed by atoms with Gasteiger partial charge < -0.3 is 4.98 Å². The molecular weight excluding hydrogens is 382 g/mol. The van der Waals surface area contributed by atoms with Gasteiger partial charge in [-0.15, -0.1) is 0 Å². The van der Waals surface area contributed by atoms with E-state index < -0.39 is 10.0 Å². The van der Waals surface area contributed by atoms with E-state index >= 15 is 0 Å². The molecule has 6 rings (SSSR count).